The zero-order valence-electron chi connectivity index (χ0n) is 10.7. The van der Waals surface area contributed by atoms with E-state index >= 15 is 0 Å². The molecule has 1 aliphatic rings. The lowest BCUT2D eigenvalue weighted by atomic mass is 10.00. The molecule has 3 atom stereocenters. The van der Waals surface area contributed by atoms with Gasteiger partial charge in [0.25, 0.3) is 0 Å². The Morgan fingerprint density at radius 1 is 1.33 bits per heavy atom. The lowest BCUT2D eigenvalue weighted by Gasteiger charge is -2.38. The first kappa shape index (κ1) is 14.7. The van der Waals surface area contributed by atoms with Gasteiger partial charge in [-0.05, 0) is 26.7 Å². The van der Waals surface area contributed by atoms with Crippen LogP contribution in [0, 0.1) is 0 Å². The number of urea groups is 1. The topological polar surface area (TPSA) is 102 Å². The van der Waals surface area contributed by atoms with E-state index in [2.05, 4.69) is 10.7 Å². The predicted molar refractivity (Wildman–Crippen MR) is 64.8 cm³/mol. The SMILES string of the molecule is CC1CCCC(C)N1NC(=O)N[C@@H](CO)C(=O)O. The van der Waals surface area contributed by atoms with Gasteiger partial charge in [-0.15, -0.1) is 0 Å². The van der Waals surface area contributed by atoms with Gasteiger partial charge in [-0.1, -0.05) is 6.42 Å². The van der Waals surface area contributed by atoms with Crippen LogP contribution in [0.25, 0.3) is 0 Å². The van der Waals surface area contributed by atoms with Gasteiger partial charge in [0.2, 0.25) is 0 Å². The predicted octanol–water partition coefficient (Wildman–Crippen LogP) is -0.0910. The summed E-state index contributed by atoms with van der Waals surface area (Å²) in [5.74, 6) is -1.26. The fourth-order valence-corrected chi connectivity index (χ4v) is 2.13. The number of carboxylic acid groups (broad SMARTS) is 1. The fraction of sp³-hybridized carbons (Fsp3) is 0.818. The first-order chi connectivity index (χ1) is 8.45. The van der Waals surface area contributed by atoms with E-state index in [4.69, 9.17) is 10.2 Å². The largest absolute Gasteiger partial charge is 0.480 e. The quantitative estimate of drug-likeness (QED) is 0.565. The third kappa shape index (κ3) is 3.85. The van der Waals surface area contributed by atoms with E-state index in [0.717, 1.165) is 19.3 Å². The summed E-state index contributed by atoms with van der Waals surface area (Å²) >= 11 is 0. The van der Waals surface area contributed by atoms with Gasteiger partial charge in [-0.25, -0.2) is 14.6 Å². The Bertz CT molecular complexity index is 301. The summed E-state index contributed by atoms with van der Waals surface area (Å²) in [4.78, 5) is 22.3. The van der Waals surface area contributed by atoms with Crippen LogP contribution in [0.2, 0.25) is 0 Å². The maximum Gasteiger partial charge on any atom is 0.330 e. The van der Waals surface area contributed by atoms with E-state index in [1.165, 1.54) is 0 Å². The van der Waals surface area contributed by atoms with Crippen LogP contribution in [0.4, 0.5) is 4.79 Å². The molecule has 0 bridgehead atoms. The van der Waals surface area contributed by atoms with Crippen LogP contribution in [0.3, 0.4) is 0 Å². The van der Waals surface area contributed by atoms with Crippen molar-refractivity contribution in [3.05, 3.63) is 0 Å². The van der Waals surface area contributed by atoms with Gasteiger partial charge in [-0.3, -0.25) is 5.43 Å². The van der Waals surface area contributed by atoms with Crippen LogP contribution in [0.15, 0.2) is 0 Å². The van der Waals surface area contributed by atoms with Crippen LogP contribution in [-0.4, -0.2) is 52.0 Å². The molecule has 7 nitrogen and oxygen atoms in total. The van der Waals surface area contributed by atoms with Crippen LogP contribution in [0.5, 0.6) is 0 Å². The zero-order chi connectivity index (χ0) is 13.7. The summed E-state index contributed by atoms with van der Waals surface area (Å²) < 4.78 is 0. The smallest absolute Gasteiger partial charge is 0.330 e. The molecule has 1 saturated heterocycles. The van der Waals surface area contributed by atoms with Crippen LogP contribution in [0.1, 0.15) is 33.1 Å². The summed E-state index contributed by atoms with van der Waals surface area (Å²) in [7, 11) is 0. The van der Waals surface area contributed by atoms with E-state index in [1.54, 1.807) is 0 Å². The summed E-state index contributed by atoms with van der Waals surface area (Å²) in [6.45, 7) is 3.39. The molecule has 0 aromatic carbocycles. The van der Waals surface area contributed by atoms with Crippen molar-refractivity contribution < 1.29 is 19.8 Å². The monoisotopic (exact) mass is 259 g/mol. The van der Waals surface area contributed by atoms with Crippen molar-refractivity contribution in [3.8, 4) is 0 Å². The highest BCUT2D eigenvalue weighted by Crippen LogP contribution is 2.19. The highest BCUT2D eigenvalue weighted by molar-refractivity contribution is 5.82. The molecule has 0 aromatic heterocycles. The summed E-state index contributed by atoms with van der Waals surface area (Å²) in [5, 5.41) is 21.6. The molecule has 0 spiro atoms. The molecule has 1 aliphatic heterocycles. The third-order valence-corrected chi connectivity index (χ3v) is 3.21. The third-order valence-electron chi connectivity index (χ3n) is 3.21. The van der Waals surface area contributed by atoms with Gasteiger partial charge in [0, 0.05) is 12.1 Å². The molecule has 0 aromatic rings. The molecule has 0 saturated carbocycles. The Labute approximate surface area is 106 Å². The number of aliphatic hydroxyl groups is 1. The van der Waals surface area contributed by atoms with E-state index < -0.39 is 24.6 Å². The number of hydrogen-bond donors (Lipinski definition) is 4. The standard InChI is InChI=1S/C11H21N3O4/c1-7-4-3-5-8(2)14(7)13-11(18)12-9(6-15)10(16)17/h7-9,15H,3-6H2,1-2H3,(H,16,17)(H2,12,13,18)/t7?,8?,9-/m0/s1. The van der Waals surface area contributed by atoms with Gasteiger partial charge in [0.15, 0.2) is 6.04 Å². The lowest BCUT2D eigenvalue weighted by Crippen LogP contribution is -2.58. The highest BCUT2D eigenvalue weighted by Gasteiger charge is 2.27. The van der Waals surface area contributed by atoms with E-state index in [-0.39, 0.29) is 12.1 Å². The summed E-state index contributed by atoms with van der Waals surface area (Å²) in [6, 6.07) is -1.44. The number of hydrogen-bond acceptors (Lipinski definition) is 4. The van der Waals surface area contributed by atoms with Crippen molar-refractivity contribution in [2.75, 3.05) is 6.61 Å². The summed E-state index contributed by atoms with van der Waals surface area (Å²) in [6.07, 6.45) is 3.11. The number of carbonyl (C=O) groups is 2. The Morgan fingerprint density at radius 2 is 1.89 bits per heavy atom. The normalized spacial score (nSPS) is 26.4. The van der Waals surface area contributed by atoms with Crippen molar-refractivity contribution in [2.24, 2.45) is 0 Å². The number of amides is 2. The molecule has 0 radical (unpaired) electrons. The average molecular weight is 259 g/mol. The molecule has 1 heterocycles. The molecular weight excluding hydrogens is 238 g/mol. The second-order valence-electron chi connectivity index (χ2n) is 4.69. The molecular formula is C11H21N3O4. The molecule has 7 heteroatoms. The second kappa shape index (κ2) is 6.55. The number of aliphatic carboxylic acids is 1. The molecule has 104 valence electrons. The molecule has 1 fully saturated rings. The Hall–Kier alpha value is -1.34. The average Bonchev–Trinajstić information content (AvgIpc) is 2.30. The minimum atomic E-state index is -1.28. The number of carbonyl (C=O) groups excluding carboxylic acids is 1. The van der Waals surface area contributed by atoms with Crippen LogP contribution < -0.4 is 10.7 Å². The minimum Gasteiger partial charge on any atom is -0.480 e. The first-order valence-electron chi connectivity index (χ1n) is 6.14. The second-order valence-corrected chi connectivity index (χ2v) is 4.69. The van der Waals surface area contributed by atoms with Gasteiger partial charge in [0.05, 0.1) is 6.61 Å². The highest BCUT2D eigenvalue weighted by atomic mass is 16.4. The number of rotatable bonds is 4. The van der Waals surface area contributed by atoms with Crippen molar-refractivity contribution in [1.82, 2.24) is 15.8 Å². The van der Waals surface area contributed by atoms with Gasteiger partial charge < -0.3 is 15.5 Å². The number of carboxylic acids is 1. The number of nitrogens with zero attached hydrogens (tertiary/aromatic N) is 1. The van der Waals surface area contributed by atoms with Crippen molar-refractivity contribution >= 4 is 12.0 Å². The van der Waals surface area contributed by atoms with Crippen molar-refractivity contribution in [1.29, 1.82) is 0 Å². The van der Waals surface area contributed by atoms with Crippen LogP contribution in [-0.2, 0) is 4.79 Å². The lowest BCUT2D eigenvalue weighted by molar-refractivity contribution is -0.140. The van der Waals surface area contributed by atoms with E-state index in [1.807, 2.05) is 18.9 Å². The Balaban J connectivity index is 2.50. The van der Waals surface area contributed by atoms with Crippen molar-refractivity contribution in [3.63, 3.8) is 0 Å². The molecule has 18 heavy (non-hydrogen) atoms. The number of hydrazine groups is 1. The maximum absolute atomic E-state index is 11.6. The molecule has 1 rings (SSSR count). The Kier molecular flexibility index (Phi) is 5.36. The minimum absolute atomic E-state index is 0.219. The zero-order valence-corrected chi connectivity index (χ0v) is 10.7. The van der Waals surface area contributed by atoms with Gasteiger partial charge in [0.1, 0.15) is 0 Å². The van der Waals surface area contributed by atoms with Crippen molar-refractivity contribution in [2.45, 2.75) is 51.2 Å². The molecule has 0 aliphatic carbocycles. The van der Waals surface area contributed by atoms with Gasteiger partial charge >= 0.3 is 12.0 Å². The number of piperidine rings is 1. The summed E-state index contributed by atoms with van der Waals surface area (Å²) in [5.41, 5.74) is 2.65. The maximum atomic E-state index is 11.6. The first-order valence-corrected chi connectivity index (χ1v) is 6.14. The number of nitrogens with one attached hydrogen (secondary N) is 2. The molecule has 2 unspecified atom stereocenters. The fourth-order valence-electron chi connectivity index (χ4n) is 2.13. The van der Waals surface area contributed by atoms with Gasteiger partial charge in [-0.2, -0.15) is 0 Å². The van der Waals surface area contributed by atoms with E-state index in [9.17, 15) is 9.59 Å². The molecule has 4 N–H and O–H groups in total. The number of aliphatic hydroxyl groups excluding tert-OH is 1. The van der Waals surface area contributed by atoms with Crippen LogP contribution >= 0.6 is 0 Å². The Morgan fingerprint density at radius 3 is 2.33 bits per heavy atom. The van der Waals surface area contributed by atoms with E-state index in [0.29, 0.717) is 0 Å². The molecule has 2 amide bonds.